The summed E-state index contributed by atoms with van der Waals surface area (Å²) >= 11 is 0. The second-order valence-electron chi connectivity index (χ2n) is 5.59. The molecular formula is C14H27N3O. The maximum absolute atomic E-state index is 11.9. The van der Waals surface area contributed by atoms with Crippen LogP contribution in [-0.2, 0) is 4.79 Å². The molecule has 0 spiro atoms. The Balaban J connectivity index is 1.52. The van der Waals surface area contributed by atoms with E-state index in [-0.39, 0.29) is 11.8 Å². The van der Waals surface area contributed by atoms with Crippen molar-refractivity contribution in [2.24, 2.45) is 5.92 Å². The Labute approximate surface area is 110 Å². The summed E-state index contributed by atoms with van der Waals surface area (Å²) in [5.41, 5.74) is 0. The summed E-state index contributed by atoms with van der Waals surface area (Å²) in [4.78, 5) is 14.4. The van der Waals surface area contributed by atoms with Crippen LogP contribution in [0, 0.1) is 5.92 Å². The van der Waals surface area contributed by atoms with E-state index in [1.165, 1.54) is 32.4 Å². The molecule has 0 saturated carbocycles. The van der Waals surface area contributed by atoms with Gasteiger partial charge >= 0.3 is 0 Å². The van der Waals surface area contributed by atoms with Crippen molar-refractivity contribution in [3.8, 4) is 0 Å². The topological polar surface area (TPSA) is 44.4 Å². The van der Waals surface area contributed by atoms with Crippen LogP contribution >= 0.6 is 0 Å². The Morgan fingerprint density at radius 3 is 2.78 bits per heavy atom. The van der Waals surface area contributed by atoms with Gasteiger partial charge in [-0.15, -0.1) is 0 Å². The van der Waals surface area contributed by atoms with Gasteiger partial charge in [-0.2, -0.15) is 0 Å². The van der Waals surface area contributed by atoms with Gasteiger partial charge in [0.15, 0.2) is 0 Å². The lowest BCUT2D eigenvalue weighted by molar-refractivity contribution is -0.125. The molecule has 1 atom stereocenters. The van der Waals surface area contributed by atoms with E-state index in [9.17, 15) is 4.79 Å². The van der Waals surface area contributed by atoms with Gasteiger partial charge in [0.05, 0.1) is 5.92 Å². The SMILES string of the molecule is O=C(NCCCN1CCCCC1)C1CCCNC1. The van der Waals surface area contributed by atoms with E-state index in [0.29, 0.717) is 0 Å². The molecule has 2 aliphatic rings. The van der Waals surface area contributed by atoms with Gasteiger partial charge < -0.3 is 15.5 Å². The van der Waals surface area contributed by atoms with Crippen LogP contribution < -0.4 is 10.6 Å². The maximum atomic E-state index is 11.9. The smallest absolute Gasteiger partial charge is 0.224 e. The molecular weight excluding hydrogens is 226 g/mol. The van der Waals surface area contributed by atoms with Gasteiger partial charge in [0.2, 0.25) is 5.91 Å². The van der Waals surface area contributed by atoms with Crippen molar-refractivity contribution < 1.29 is 4.79 Å². The van der Waals surface area contributed by atoms with Gasteiger partial charge in [-0.05, 0) is 58.3 Å². The first-order valence-electron chi connectivity index (χ1n) is 7.57. The molecule has 2 aliphatic heterocycles. The van der Waals surface area contributed by atoms with Crippen LogP contribution in [0.4, 0.5) is 0 Å². The molecule has 1 unspecified atom stereocenters. The second kappa shape index (κ2) is 7.74. The highest BCUT2D eigenvalue weighted by molar-refractivity contribution is 5.78. The minimum absolute atomic E-state index is 0.203. The fourth-order valence-corrected chi connectivity index (χ4v) is 2.92. The molecule has 2 saturated heterocycles. The zero-order valence-corrected chi connectivity index (χ0v) is 11.4. The lowest BCUT2D eigenvalue weighted by Gasteiger charge is -2.26. The molecule has 0 radical (unpaired) electrons. The molecule has 0 aromatic carbocycles. The molecule has 2 heterocycles. The summed E-state index contributed by atoms with van der Waals surface area (Å²) in [5, 5.41) is 6.38. The van der Waals surface area contributed by atoms with E-state index in [1.54, 1.807) is 0 Å². The molecule has 0 aliphatic carbocycles. The lowest BCUT2D eigenvalue weighted by atomic mass is 9.99. The monoisotopic (exact) mass is 253 g/mol. The Morgan fingerprint density at radius 2 is 2.06 bits per heavy atom. The zero-order chi connectivity index (χ0) is 12.6. The third-order valence-corrected chi connectivity index (χ3v) is 4.07. The Hall–Kier alpha value is -0.610. The summed E-state index contributed by atoms with van der Waals surface area (Å²) in [5.74, 6) is 0.453. The normalized spacial score (nSPS) is 25.9. The summed E-state index contributed by atoms with van der Waals surface area (Å²) < 4.78 is 0. The highest BCUT2D eigenvalue weighted by atomic mass is 16.1. The third-order valence-electron chi connectivity index (χ3n) is 4.07. The molecule has 2 rings (SSSR count). The fraction of sp³-hybridized carbons (Fsp3) is 0.929. The fourth-order valence-electron chi connectivity index (χ4n) is 2.92. The summed E-state index contributed by atoms with van der Waals surface area (Å²) in [7, 11) is 0. The van der Waals surface area contributed by atoms with Gasteiger partial charge in [0.25, 0.3) is 0 Å². The third kappa shape index (κ3) is 4.58. The molecule has 0 aromatic heterocycles. The number of amides is 1. The van der Waals surface area contributed by atoms with Crippen molar-refractivity contribution in [1.82, 2.24) is 15.5 Å². The molecule has 0 bridgehead atoms. The standard InChI is InChI=1S/C14H27N3O/c18-14(13-6-4-7-15-12-13)16-8-5-11-17-9-2-1-3-10-17/h13,15H,1-12H2,(H,16,18). The van der Waals surface area contributed by atoms with Crippen LogP contribution in [0.1, 0.15) is 38.5 Å². The Morgan fingerprint density at radius 1 is 1.22 bits per heavy atom. The number of nitrogens with one attached hydrogen (secondary N) is 2. The van der Waals surface area contributed by atoms with Crippen LogP contribution in [0.3, 0.4) is 0 Å². The van der Waals surface area contributed by atoms with Gasteiger partial charge in [-0.1, -0.05) is 6.42 Å². The molecule has 2 fully saturated rings. The molecule has 4 nitrogen and oxygen atoms in total. The molecule has 1 amide bonds. The lowest BCUT2D eigenvalue weighted by Crippen LogP contribution is -2.41. The Kier molecular flexibility index (Phi) is 5.94. The summed E-state index contributed by atoms with van der Waals surface area (Å²) in [6, 6.07) is 0. The average molecular weight is 253 g/mol. The number of hydrogen-bond donors (Lipinski definition) is 2. The van der Waals surface area contributed by atoms with Crippen molar-refractivity contribution in [3.05, 3.63) is 0 Å². The number of piperidine rings is 2. The first kappa shape index (κ1) is 13.8. The quantitative estimate of drug-likeness (QED) is 0.718. The Bertz CT molecular complexity index is 245. The number of likely N-dealkylation sites (tertiary alicyclic amines) is 1. The second-order valence-corrected chi connectivity index (χ2v) is 5.59. The first-order chi connectivity index (χ1) is 8.86. The van der Waals surface area contributed by atoms with Crippen LogP contribution in [0.25, 0.3) is 0 Å². The van der Waals surface area contributed by atoms with Crippen LogP contribution in [0.5, 0.6) is 0 Å². The number of carbonyl (C=O) groups excluding carboxylic acids is 1. The zero-order valence-electron chi connectivity index (χ0n) is 11.4. The van der Waals surface area contributed by atoms with E-state index in [2.05, 4.69) is 15.5 Å². The minimum Gasteiger partial charge on any atom is -0.356 e. The van der Waals surface area contributed by atoms with E-state index < -0.39 is 0 Å². The number of rotatable bonds is 5. The van der Waals surface area contributed by atoms with Crippen molar-refractivity contribution in [3.63, 3.8) is 0 Å². The molecule has 0 aromatic rings. The molecule has 18 heavy (non-hydrogen) atoms. The van der Waals surface area contributed by atoms with Crippen molar-refractivity contribution in [2.45, 2.75) is 38.5 Å². The summed E-state index contributed by atoms with van der Waals surface area (Å²) in [6.45, 7) is 6.41. The van der Waals surface area contributed by atoms with Crippen molar-refractivity contribution in [1.29, 1.82) is 0 Å². The van der Waals surface area contributed by atoms with Crippen molar-refractivity contribution >= 4 is 5.91 Å². The number of nitrogens with zero attached hydrogens (tertiary/aromatic N) is 1. The van der Waals surface area contributed by atoms with Crippen molar-refractivity contribution in [2.75, 3.05) is 39.3 Å². The first-order valence-corrected chi connectivity index (χ1v) is 7.57. The number of carbonyl (C=O) groups is 1. The molecule has 104 valence electrons. The average Bonchev–Trinajstić information content (AvgIpc) is 2.45. The van der Waals surface area contributed by atoms with Gasteiger partial charge in [-0.3, -0.25) is 4.79 Å². The molecule has 4 heteroatoms. The van der Waals surface area contributed by atoms with Crippen LogP contribution in [-0.4, -0.2) is 50.1 Å². The number of hydrogen-bond acceptors (Lipinski definition) is 3. The van der Waals surface area contributed by atoms with E-state index in [4.69, 9.17) is 0 Å². The highest BCUT2D eigenvalue weighted by Gasteiger charge is 2.20. The maximum Gasteiger partial charge on any atom is 0.224 e. The summed E-state index contributed by atoms with van der Waals surface area (Å²) in [6.07, 6.45) is 7.35. The van der Waals surface area contributed by atoms with E-state index in [1.807, 2.05) is 0 Å². The van der Waals surface area contributed by atoms with Gasteiger partial charge in [0, 0.05) is 13.1 Å². The van der Waals surface area contributed by atoms with Gasteiger partial charge in [-0.25, -0.2) is 0 Å². The van der Waals surface area contributed by atoms with Crippen LogP contribution in [0.15, 0.2) is 0 Å². The molecule has 2 N–H and O–H groups in total. The highest BCUT2D eigenvalue weighted by Crippen LogP contribution is 2.10. The predicted octanol–water partition coefficient (Wildman–Crippen LogP) is 0.978. The van der Waals surface area contributed by atoms with E-state index >= 15 is 0 Å². The van der Waals surface area contributed by atoms with Crippen LogP contribution in [0.2, 0.25) is 0 Å². The minimum atomic E-state index is 0.203. The predicted molar refractivity (Wildman–Crippen MR) is 73.5 cm³/mol. The van der Waals surface area contributed by atoms with Gasteiger partial charge in [0.1, 0.15) is 0 Å². The van der Waals surface area contributed by atoms with E-state index in [0.717, 1.165) is 45.4 Å². The largest absolute Gasteiger partial charge is 0.356 e.